The molecule has 1 aliphatic heterocycles. The van der Waals surface area contributed by atoms with Gasteiger partial charge in [-0.15, -0.1) is 0 Å². The highest BCUT2D eigenvalue weighted by Gasteiger charge is 2.37. The largest absolute Gasteiger partial charge is 0.323 e. The molecule has 8 heteroatoms. The molecule has 0 aromatic rings. The molecule has 1 saturated heterocycles. The molecular formula is C11H22N2O3S3. The molecule has 1 aliphatic rings. The Bertz CT molecular complexity index is 400. The number of sulfone groups is 1. The number of carbonyl (C=O) groups is 1. The fraction of sp³-hybridized carbons (Fsp3) is 0.909. The van der Waals surface area contributed by atoms with Crippen LogP contribution in [-0.4, -0.2) is 66.5 Å². The monoisotopic (exact) mass is 326 g/mol. The van der Waals surface area contributed by atoms with Crippen LogP contribution >= 0.6 is 23.5 Å². The summed E-state index contributed by atoms with van der Waals surface area (Å²) in [6.07, 6.45) is 2.54. The predicted molar refractivity (Wildman–Crippen MR) is 83.3 cm³/mol. The van der Waals surface area contributed by atoms with Gasteiger partial charge in [-0.1, -0.05) is 6.92 Å². The highest BCUT2D eigenvalue weighted by molar-refractivity contribution is 8.01. The Labute approximate surface area is 124 Å². The van der Waals surface area contributed by atoms with Crippen LogP contribution in [0.25, 0.3) is 0 Å². The molecule has 1 amide bonds. The van der Waals surface area contributed by atoms with E-state index in [-0.39, 0.29) is 11.7 Å². The van der Waals surface area contributed by atoms with Crippen LogP contribution in [0.4, 0.5) is 0 Å². The molecule has 2 atom stereocenters. The number of hydrogen-bond acceptors (Lipinski definition) is 6. The average molecular weight is 327 g/mol. The lowest BCUT2D eigenvalue weighted by atomic mass is 10.2. The number of amides is 1. The van der Waals surface area contributed by atoms with Crippen molar-refractivity contribution in [1.82, 2.24) is 4.90 Å². The van der Waals surface area contributed by atoms with E-state index in [4.69, 9.17) is 5.73 Å². The van der Waals surface area contributed by atoms with Crippen LogP contribution in [0.2, 0.25) is 0 Å². The van der Waals surface area contributed by atoms with Gasteiger partial charge in [0.15, 0.2) is 9.84 Å². The zero-order valence-corrected chi connectivity index (χ0v) is 13.8. The molecule has 1 rings (SSSR count). The highest BCUT2D eigenvalue weighted by atomic mass is 32.2. The molecule has 0 saturated carbocycles. The first-order chi connectivity index (χ1) is 8.94. The van der Waals surface area contributed by atoms with Crippen molar-refractivity contribution in [3.05, 3.63) is 0 Å². The maximum atomic E-state index is 12.3. The van der Waals surface area contributed by atoms with Gasteiger partial charge in [0, 0.05) is 23.8 Å². The van der Waals surface area contributed by atoms with Crippen molar-refractivity contribution in [1.29, 1.82) is 0 Å². The second-order valence-electron chi connectivity index (χ2n) is 4.40. The van der Waals surface area contributed by atoms with Crippen molar-refractivity contribution in [3.63, 3.8) is 0 Å². The van der Waals surface area contributed by atoms with Crippen molar-refractivity contribution >= 4 is 39.3 Å². The summed E-state index contributed by atoms with van der Waals surface area (Å²) in [6.45, 7) is 2.09. The maximum absolute atomic E-state index is 12.3. The van der Waals surface area contributed by atoms with Gasteiger partial charge in [-0.2, -0.15) is 23.5 Å². The van der Waals surface area contributed by atoms with Gasteiger partial charge in [-0.3, -0.25) is 4.79 Å². The van der Waals surface area contributed by atoms with Crippen LogP contribution in [-0.2, 0) is 14.6 Å². The minimum absolute atomic E-state index is 0.0576. The Kier molecular flexibility index (Phi) is 6.99. The van der Waals surface area contributed by atoms with Crippen LogP contribution in [0, 0.1) is 0 Å². The van der Waals surface area contributed by atoms with Gasteiger partial charge in [0.1, 0.15) is 5.37 Å². The summed E-state index contributed by atoms with van der Waals surface area (Å²) in [5.41, 5.74) is 5.87. The first-order valence-electron chi connectivity index (χ1n) is 6.28. The van der Waals surface area contributed by atoms with Crippen LogP contribution in [0.1, 0.15) is 13.3 Å². The Hall–Kier alpha value is 0.0800. The van der Waals surface area contributed by atoms with Gasteiger partial charge in [-0.25, -0.2) is 8.42 Å². The fourth-order valence-corrected chi connectivity index (χ4v) is 5.37. The molecule has 2 N–H and O–H groups in total. The summed E-state index contributed by atoms with van der Waals surface area (Å²) in [5.74, 6) is 1.87. The van der Waals surface area contributed by atoms with Crippen molar-refractivity contribution in [2.75, 3.05) is 35.8 Å². The van der Waals surface area contributed by atoms with Gasteiger partial charge in [0.25, 0.3) is 0 Å². The molecule has 0 aromatic carbocycles. The Morgan fingerprint density at radius 2 is 2.26 bits per heavy atom. The minimum Gasteiger partial charge on any atom is -0.323 e. The van der Waals surface area contributed by atoms with Gasteiger partial charge in [0.05, 0.1) is 6.04 Å². The quantitative estimate of drug-likeness (QED) is 0.761. The topological polar surface area (TPSA) is 80.5 Å². The minimum atomic E-state index is -3.25. The molecule has 0 aliphatic carbocycles. The first-order valence-corrected chi connectivity index (χ1v) is 10.5. The summed E-state index contributed by atoms with van der Waals surface area (Å²) < 4.78 is 24.1. The normalized spacial score (nSPS) is 22.3. The lowest BCUT2D eigenvalue weighted by Gasteiger charge is -2.36. The Morgan fingerprint density at radius 3 is 2.84 bits per heavy atom. The number of rotatable bonds is 6. The predicted octanol–water partition coefficient (Wildman–Crippen LogP) is 0.403. The van der Waals surface area contributed by atoms with E-state index in [9.17, 15) is 13.2 Å². The zero-order valence-electron chi connectivity index (χ0n) is 11.4. The molecule has 0 radical (unpaired) electrons. The maximum Gasteiger partial charge on any atom is 0.240 e. The fourth-order valence-electron chi connectivity index (χ4n) is 1.90. The molecule has 0 bridgehead atoms. The second-order valence-corrected chi connectivity index (χ2v) is 8.98. The van der Waals surface area contributed by atoms with E-state index < -0.39 is 21.3 Å². The molecule has 1 unspecified atom stereocenters. The average Bonchev–Trinajstić information content (AvgIpc) is 2.43. The first kappa shape index (κ1) is 17.1. The van der Waals surface area contributed by atoms with E-state index in [1.807, 2.05) is 6.26 Å². The van der Waals surface area contributed by atoms with Crippen molar-refractivity contribution in [3.8, 4) is 0 Å². The van der Waals surface area contributed by atoms with Crippen molar-refractivity contribution in [2.24, 2.45) is 5.73 Å². The van der Waals surface area contributed by atoms with Gasteiger partial charge >= 0.3 is 0 Å². The lowest BCUT2D eigenvalue weighted by Crippen LogP contribution is -2.55. The second kappa shape index (κ2) is 7.75. The summed E-state index contributed by atoms with van der Waals surface area (Å²) >= 11 is 3.21. The smallest absolute Gasteiger partial charge is 0.240 e. The van der Waals surface area contributed by atoms with E-state index >= 15 is 0 Å². The third-order valence-corrected chi connectivity index (χ3v) is 7.07. The summed E-state index contributed by atoms with van der Waals surface area (Å²) in [5, 5.41) is -0.705. The Morgan fingerprint density at radius 1 is 1.58 bits per heavy atom. The van der Waals surface area contributed by atoms with Gasteiger partial charge in [0.2, 0.25) is 5.91 Å². The zero-order chi connectivity index (χ0) is 14.5. The third-order valence-electron chi connectivity index (χ3n) is 3.13. The van der Waals surface area contributed by atoms with Crippen LogP contribution in [0.3, 0.4) is 0 Å². The number of carbonyl (C=O) groups excluding carboxylic acids is 1. The Balaban J connectivity index is 2.79. The number of thioether (sulfide) groups is 2. The van der Waals surface area contributed by atoms with Gasteiger partial charge < -0.3 is 10.6 Å². The lowest BCUT2D eigenvalue weighted by molar-refractivity contribution is -0.133. The molecule has 19 heavy (non-hydrogen) atoms. The van der Waals surface area contributed by atoms with Crippen LogP contribution in [0.15, 0.2) is 0 Å². The van der Waals surface area contributed by atoms with E-state index in [2.05, 4.69) is 0 Å². The number of hydrogen-bond donors (Lipinski definition) is 1. The van der Waals surface area contributed by atoms with E-state index in [1.165, 1.54) is 4.90 Å². The van der Waals surface area contributed by atoms with Gasteiger partial charge in [-0.05, 0) is 18.4 Å². The SMILES string of the molecule is CCS(=O)(=O)C1CSCCN1C(=O)[C@H](N)CCSC. The molecule has 1 fully saturated rings. The van der Waals surface area contributed by atoms with Crippen LogP contribution in [0.5, 0.6) is 0 Å². The van der Waals surface area contributed by atoms with Crippen LogP contribution < -0.4 is 5.73 Å². The summed E-state index contributed by atoms with van der Waals surface area (Å²) in [6, 6.07) is -0.592. The summed E-state index contributed by atoms with van der Waals surface area (Å²) in [7, 11) is -3.25. The van der Waals surface area contributed by atoms with E-state index in [1.54, 1.807) is 30.4 Å². The third kappa shape index (κ3) is 4.54. The van der Waals surface area contributed by atoms with Crippen molar-refractivity contribution < 1.29 is 13.2 Å². The van der Waals surface area contributed by atoms with E-state index in [0.717, 1.165) is 11.5 Å². The molecule has 5 nitrogen and oxygen atoms in total. The standard InChI is InChI=1S/C11H22N2O3S3/c1-3-19(15,16)10-8-18-7-5-13(10)11(14)9(12)4-6-17-2/h9-10H,3-8,12H2,1-2H3/t9-,10?/m1/s1. The molecular weight excluding hydrogens is 304 g/mol. The summed E-state index contributed by atoms with van der Waals surface area (Å²) in [4.78, 5) is 13.8. The molecule has 1 heterocycles. The number of nitrogens with zero attached hydrogens (tertiary/aromatic N) is 1. The molecule has 0 spiro atoms. The van der Waals surface area contributed by atoms with Crippen molar-refractivity contribution in [2.45, 2.75) is 24.8 Å². The highest BCUT2D eigenvalue weighted by Crippen LogP contribution is 2.22. The number of nitrogens with two attached hydrogens (primary N) is 1. The molecule has 0 aromatic heterocycles. The van der Waals surface area contributed by atoms with E-state index in [0.29, 0.717) is 18.7 Å². The molecule has 112 valence electrons.